The highest BCUT2D eigenvalue weighted by Crippen LogP contribution is 2.33. The van der Waals surface area contributed by atoms with Gasteiger partial charge in [-0.1, -0.05) is 0 Å². The Balaban J connectivity index is 1.54. The number of aromatic nitrogens is 4. The highest BCUT2D eigenvalue weighted by atomic mass is 16.3. The summed E-state index contributed by atoms with van der Waals surface area (Å²) in [4.78, 5) is 21.0. The van der Waals surface area contributed by atoms with E-state index < -0.39 is 0 Å². The van der Waals surface area contributed by atoms with E-state index in [9.17, 15) is 9.90 Å². The molecule has 2 atom stereocenters. The Morgan fingerprint density at radius 1 is 1.26 bits per heavy atom. The van der Waals surface area contributed by atoms with Crippen LogP contribution in [0.3, 0.4) is 0 Å². The summed E-state index contributed by atoms with van der Waals surface area (Å²) < 4.78 is 2.12. The SMILES string of the molecule is Cc1ccc(C(=O)N2CCn3c(nnc3[C@@H]3C[C@@H](O)CN3C(C)C)C2)cn1. The summed E-state index contributed by atoms with van der Waals surface area (Å²) in [7, 11) is 0. The molecule has 0 saturated carbocycles. The van der Waals surface area contributed by atoms with Crippen LogP contribution in [0.1, 0.15) is 54.0 Å². The molecule has 2 aromatic rings. The minimum absolute atomic E-state index is 0.0293. The van der Waals surface area contributed by atoms with Crippen LogP contribution >= 0.6 is 0 Å². The van der Waals surface area contributed by atoms with E-state index in [-0.39, 0.29) is 18.1 Å². The summed E-state index contributed by atoms with van der Waals surface area (Å²) in [5, 5.41) is 18.9. The molecular weight excluding hydrogens is 344 g/mol. The number of rotatable bonds is 3. The van der Waals surface area contributed by atoms with Crippen LogP contribution in [0.15, 0.2) is 18.3 Å². The molecule has 4 rings (SSSR count). The number of hydrogen-bond acceptors (Lipinski definition) is 6. The number of fused-ring (bicyclic) bond motifs is 1. The molecule has 0 bridgehead atoms. The number of carbonyl (C=O) groups is 1. The Bertz CT molecular complexity index is 831. The second kappa shape index (κ2) is 7.01. The zero-order valence-corrected chi connectivity index (χ0v) is 16.0. The zero-order valence-electron chi connectivity index (χ0n) is 16.0. The lowest BCUT2D eigenvalue weighted by molar-refractivity contribution is 0.0703. The van der Waals surface area contributed by atoms with Crippen molar-refractivity contribution in [2.24, 2.45) is 0 Å². The van der Waals surface area contributed by atoms with Gasteiger partial charge in [0, 0.05) is 37.6 Å². The van der Waals surface area contributed by atoms with Gasteiger partial charge in [0.2, 0.25) is 0 Å². The van der Waals surface area contributed by atoms with E-state index >= 15 is 0 Å². The lowest BCUT2D eigenvalue weighted by Crippen LogP contribution is -2.40. The van der Waals surface area contributed by atoms with Crippen molar-refractivity contribution in [2.75, 3.05) is 13.1 Å². The van der Waals surface area contributed by atoms with Gasteiger partial charge in [0.25, 0.3) is 5.91 Å². The van der Waals surface area contributed by atoms with Crippen molar-refractivity contribution in [2.45, 2.75) is 58.5 Å². The van der Waals surface area contributed by atoms with Crippen LogP contribution in [-0.2, 0) is 13.1 Å². The Kier molecular flexibility index (Phi) is 4.69. The molecule has 0 radical (unpaired) electrons. The predicted molar refractivity (Wildman–Crippen MR) is 98.9 cm³/mol. The monoisotopic (exact) mass is 370 g/mol. The maximum atomic E-state index is 12.8. The van der Waals surface area contributed by atoms with Gasteiger partial charge in [-0.25, -0.2) is 0 Å². The lowest BCUT2D eigenvalue weighted by atomic mass is 10.1. The molecule has 1 fully saturated rings. The van der Waals surface area contributed by atoms with Crippen molar-refractivity contribution < 1.29 is 9.90 Å². The summed E-state index contributed by atoms with van der Waals surface area (Å²) in [5.74, 6) is 1.67. The molecule has 144 valence electrons. The fourth-order valence-electron chi connectivity index (χ4n) is 4.04. The number of aliphatic hydroxyl groups is 1. The van der Waals surface area contributed by atoms with Crippen LogP contribution in [0, 0.1) is 6.92 Å². The van der Waals surface area contributed by atoms with E-state index in [1.54, 1.807) is 11.1 Å². The number of carbonyl (C=O) groups excluding carboxylic acids is 1. The molecule has 1 amide bonds. The number of hydrogen-bond donors (Lipinski definition) is 1. The molecule has 2 aliphatic rings. The normalized spacial score (nSPS) is 23.1. The van der Waals surface area contributed by atoms with Gasteiger partial charge in [0.15, 0.2) is 11.6 Å². The van der Waals surface area contributed by atoms with Crippen molar-refractivity contribution in [3.05, 3.63) is 41.2 Å². The van der Waals surface area contributed by atoms with E-state index in [0.29, 0.717) is 44.2 Å². The summed E-state index contributed by atoms with van der Waals surface area (Å²) in [5.41, 5.74) is 1.49. The Morgan fingerprint density at radius 3 is 2.78 bits per heavy atom. The molecule has 8 nitrogen and oxygen atoms in total. The Morgan fingerprint density at radius 2 is 2.07 bits per heavy atom. The molecule has 0 aromatic carbocycles. The molecule has 8 heteroatoms. The standard InChI is InChI=1S/C19H26N6O2/c1-12(2)25-10-15(26)8-16(25)18-22-21-17-11-23(6-7-24(17)18)19(27)14-5-4-13(3)20-9-14/h4-5,9,12,15-16,26H,6-8,10-11H2,1-3H3/t15-,16+/m1/s1. The molecule has 1 saturated heterocycles. The second-order valence-electron chi connectivity index (χ2n) is 7.74. The van der Waals surface area contributed by atoms with Gasteiger partial charge in [-0.3, -0.25) is 14.7 Å². The molecule has 0 unspecified atom stereocenters. The van der Waals surface area contributed by atoms with Gasteiger partial charge < -0.3 is 14.6 Å². The minimum Gasteiger partial charge on any atom is -0.392 e. The van der Waals surface area contributed by atoms with Crippen LogP contribution in [0.5, 0.6) is 0 Å². The molecule has 4 heterocycles. The molecule has 0 spiro atoms. The van der Waals surface area contributed by atoms with Crippen LogP contribution in [0.4, 0.5) is 0 Å². The van der Waals surface area contributed by atoms with Gasteiger partial charge in [0.05, 0.1) is 24.3 Å². The number of β-amino-alcohol motifs (C(OH)–C–C–N with tert-alkyl or cyclic N) is 1. The van der Waals surface area contributed by atoms with Crippen LogP contribution in [0.2, 0.25) is 0 Å². The minimum atomic E-state index is -0.332. The van der Waals surface area contributed by atoms with Gasteiger partial charge in [-0.15, -0.1) is 10.2 Å². The first-order chi connectivity index (χ1) is 12.9. The largest absolute Gasteiger partial charge is 0.392 e. The van der Waals surface area contributed by atoms with Crippen molar-refractivity contribution in [3.63, 3.8) is 0 Å². The first-order valence-electron chi connectivity index (χ1n) is 9.51. The van der Waals surface area contributed by atoms with E-state index in [1.165, 1.54) is 0 Å². The molecule has 27 heavy (non-hydrogen) atoms. The highest BCUT2D eigenvalue weighted by molar-refractivity contribution is 5.93. The van der Waals surface area contributed by atoms with Crippen LogP contribution in [0.25, 0.3) is 0 Å². The number of amides is 1. The molecule has 0 aliphatic carbocycles. The second-order valence-corrected chi connectivity index (χ2v) is 7.74. The maximum Gasteiger partial charge on any atom is 0.255 e. The first kappa shape index (κ1) is 18.1. The highest BCUT2D eigenvalue weighted by Gasteiger charge is 2.38. The number of aliphatic hydroxyl groups excluding tert-OH is 1. The third-order valence-electron chi connectivity index (χ3n) is 5.51. The summed E-state index contributed by atoms with van der Waals surface area (Å²) in [6.07, 6.45) is 1.97. The molecule has 2 aliphatic heterocycles. The summed E-state index contributed by atoms with van der Waals surface area (Å²) in [6.45, 7) is 8.55. The van der Waals surface area contributed by atoms with Crippen molar-refractivity contribution >= 4 is 5.91 Å². The predicted octanol–water partition coefficient (Wildman–Crippen LogP) is 1.15. The molecule has 2 aromatic heterocycles. The lowest BCUT2D eigenvalue weighted by Gasteiger charge is -2.31. The van der Waals surface area contributed by atoms with E-state index in [1.807, 2.05) is 19.1 Å². The zero-order chi connectivity index (χ0) is 19.1. The number of aryl methyl sites for hydroxylation is 1. The van der Waals surface area contributed by atoms with Crippen LogP contribution < -0.4 is 0 Å². The number of likely N-dealkylation sites (tertiary alicyclic amines) is 1. The van der Waals surface area contributed by atoms with Gasteiger partial charge in [-0.2, -0.15) is 0 Å². The quantitative estimate of drug-likeness (QED) is 0.872. The van der Waals surface area contributed by atoms with Crippen molar-refractivity contribution in [1.82, 2.24) is 29.5 Å². The third kappa shape index (κ3) is 3.35. The number of pyridine rings is 1. The van der Waals surface area contributed by atoms with Gasteiger partial charge in [-0.05, 0) is 39.3 Å². The number of nitrogens with zero attached hydrogens (tertiary/aromatic N) is 6. The average molecular weight is 370 g/mol. The Labute approximate surface area is 158 Å². The molecular formula is C19H26N6O2. The van der Waals surface area contributed by atoms with Crippen molar-refractivity contribution in [3.8, 4) is 0 Å². The Hall–Kier alpha value is -2.32. The fourth-order valence-corrected chi connectivity index (χ4v) is 4.04. The maximum absolute atomic E-state index is 12.8. The fraction of sp³-hybridized carbons (Fsp3) is 0.579. The average Bonchev–Trinajstić information content (AvgIpc) is 3.24. The van der Waals surface area contributed by atoms with Crippen LogP contribution in [-0.4, -0.2) is 65.8 Å². The third-order valence-corrected chi connectivity index (χ3v) is 5.51. The van der Waals surface area contributed by atoms with E-state index in [0.717, 1.165) is 17.3 Å². The van der Waals surface area contributed by atoms with E-state index in [4.69, 9.17) is 0 Å². The smallest absolute Gasteiger partial charge is 0.255 e. The van der Waals surface area contributed by atoms with E-state index in [2.05, 4.69) is 38.5 Å². The van der Waals surface area contributed by atoms with Gasteiger partial charge in [0.1, 0.15) is 0 Å². The topological polar surface area (TPSA) is 87.4 Å². The summed E-state index contributed by atoms with van der Waals surface area (Å²) >= 11 is 0. The molecule has 1 N–H and O–H groups in total. The summed E-state index contributed by atoms with van der Waals surface area (Å²) in [6, 6.07) is 4.07. The van der Waals surface area contributed by atoms with Gasteiger partial charge >= 0.3 is 0 Å². The van der Waals surface area contributed by atoms with Crippen molar-refractivity contribution in [1.29, 1.82) is 0 Å². The first-order valence-corrected chi connectivity index (χ1v) is 9.51.